The van der Waals surface area contributed by atoms with Gasteiger partial charge in [0, 0.05) is 111 Å². The first-order valence-corrected chi connectivity index (χ1v) is 36.4. The van der Waals surface area contributed by atoms with Gasteiger partial charge in [-0.3, -0.25) is 14.8 Å². The Kier molecular flexibility index (Phi) is 32.1. The Balaban J connectivity index is 0.000000197. The van der Waals surface area contributed by atoms with Crippen molar-refractivity contribution < 1.29 is 64.4 Å². The molecule has 0 aliphatic heterocycles. The van der Waals surface area contributed by atoms with Crippen molar-refractivity contribution in [2.45, 2.75) is 102 Å². The van der Waals surface area contributed by atoms with Gasteiger partial charge in [0.05, 0.1) is 35.4 Å². The maximum absolute atomic E-state index is 13.6. The topological polar surface area (TPSA) is 312 Å². The highest BCUT2D eigenvalue weighted by molar-refractivity contribution is 8.13. The van der Waals surface area contributed by atoms with Crippen LogP contribution >= 0.6 is 10.7 Å². The van der Waals surface area contributed by atoms with Gasteiger partial charge in [0.25, 0.3) is 9.05 Å². The van der Waals surface area contributed by atoms with Crippen LogP contribution in [0.25, 0.3) is 17.1 Å². The molecule has 104 heavy (non-hydrogen) atoms. The Bertz CT molecular complexity index is 4600. The normalized spacial score (nSPS) is 10.9. The Hall–Kier alpha value is -11.2. The van der Waals surface area contributed by atoms with Crippen LogP contribution in [-0.4, -0.2) is 123 Å². The third kappa shape index (κ3) is 28.3. The summed E-state index contributed by atoms with van der Waals surface area (Å²) in [6, 6.07) is 56.7. The van der Waals surface area contributed by atoms with Gasteiger partial charge in [0.1, 0.15) is 33.3 Å². The molecule has 544 valence electrons. The van der Waals surface area contributed by atoms with Crippen LogP contribution in [0.15, 0.2) is 260 Å². The number of nitrogens with zero attached hydrogens (tertiary/aromatic N) is 9. The molecular weight excluding hydrogens is 1390 g/mol. The molecular formula is C76H82ClN11O14S2. The Morgan fingerprint density at radius 1 is 0.471 bits per heavy atom. The summed E-state index contributed by atoms with van der Waals surface area (Å²) in [5.74, 6) is 0.526. The zero-order chi connectivity index (χ0) is 74.7. The quantitative estimate of drug-likeness (QED) is 0.0199. The van der Waals surface area contributed by atoms with Crippen molar-refractivity contribution in [3.63, 3.8) is 0 Å². The maximum Gasteiger partial charge on any atom is 0.344 e. The van der Waals surface area contributed by atoms with Gasteiger partial charge in [-0.1, -0.05) is 60.7 Å². The van der Waals surface area contributed by atoms with Gasteiger partial charge in [0.2, 0.25) is 10.0 Å². The minimum Gasteiger partial charge on any atom is -0.482 e. The maximum atomic E-state index is 13.6. The van der Waals surface area contributed by atoms with Crippen molar-refractivity contribution in [2.24, 2.45) is 5.73 Å². The average molecular weight is 1470 g/mol. The summed E-state index contributed by atoms with van der Waals surface area (Å²) in [7, 11) is -2.47. The second-order valence-corrected chi connectivity index (χ2v) is 27.7. The van der Waals surface area contributed by atoms with Crippen molar-refractivity contribution >= 4 is 54.0 Å². The minimum absolute atomic E-state index is 0.0247. The number of hydrogen-bond acceptors (Lipinski definition) is 21. The number of pyridine rings is 2. The second-order valence-electron chi connectivity index (χ2n) is 23.2. The van der Waals surface area contributed by atoms with E-state index in [0.717, 1.165) is 46.6 Å². The van der Waals surface area contributed by atoms with E-state index in [0.29, 0.717) is 41.5 Å². The highest BCUT2D eigenvalue weighted by Crippen LogP contribution is 2.24. The molecule has 25 nitrogen and oxygen atoms in total. The molecule has 0 aliphatic carbocycles. The molecule has 0 unspecified atom stereocenters. The molecule has 0 amide bonds. The van der Waals surface area contributed by atoms with Crippen LogP contribution in [0.3, 0.4) is 0 Å². The van der Waals surface area contributed by atoms with E-state index in [1.807, 2.05) is 140 Å². The fourth-order valence-electron chi connectivity index (χ4n) is 9.17. The van der Waals surface area contributed by atoms with Crippen LogP contribution in [0.2, 0.25) is 0 Å². The summed E-state index contributed by atoms with van der Waals surface area (Å²) in [6.07, 6.45) is 16.7. The Morgan fingerprint density at radius 3 is 1.24 bits per heavy atom. The molecule has 11 aromatic rings. The van der Waals surface area contributed by atoms with Crippen molar-refractivity contribution in [1.29, 1.82) is 0 Å². The number of rotatable bonds is 28. The number of nitrogens with two attached hydrogens (primary N) is 1. The van der Waals surface area contributed by atoms with Crippen LogP contribution in [0.5, 0.6) is 17.2 Å². The number of ether oxygens (including phenoxy) is 6. The van der Waals surface area contributed by atoms with Crippen LogP contribution in [0, 0.1) is 0 Å². The summed E-state index contributed by atoms with van der Waals surface area (Å²) in [5, 5.41) is 15.9. The van der Waals surface area contributed by atoms with Crippen molar-refractivity contribution in [3.8, 4) is 34.3 Å². The lowest BCUT2D eigenvalue weighted by atomic mass is 10.2. The molecule has 0 saturated carbocycles. The van der Waals surface area contributed by atoms with E-state index in [1.165, 1.54) is 52.9 Å². The number of carbonyl (C=O) groups excluding carboxylic acids is 4. The van der Waals surface area contributed by atoms with Crippen LogP contribution in [0.4, 0.5) is 0 Å². The number of sulfonamides is 1. The first kappa shape index (κ1) is 80.1. The number of esters is 3. The van der Waals surface area contributed by atoms with Crippen LogP contribution < -0.4 is 25.3 Å². The molecule has 11 rings (SSSR count). The molecule has 0 radical (unpaired) electrons. The molecule has 0 aliphatic rings. The largest absolute Gasteiger partial charge is 0.482 e. The predicted molar refractivity (Wildman–Crippen MR) is 392 cm³/mol. The number of aromatic nitrogens is 8. The number of halogens is 1. The van der Waals surface area contributed by atoms with E-state index in [-0.39, 0.29) is 73.0 Å². The lowest BCUT2D eigenvalue weighted by Crippen LogP contribution is -2.30. The minimum atomic E-state index is -3.86. The molecule has 6 aromatic carbocycles. The Labute approximate surface area is 609 Å². The lowest BCUT2D eigenvalue weighted by Gasteiger charge is -2.23. The standard InChI is InChI=1S/C27H28N4O5S.C22H25N3O3.C12H17NO3.C10H8N2O.C5H4ClNO2S/c1-21(2)36-27(32)20-35-25-7-3-6-23(16-25)19-30(37(33,34)26-8-4-13-28-17-26)18-22-9-11-24(12-10-22)31-15-5-14-29-31;1-17(2)28-22(26)16-27-21-6-3-5-19(13-21)15-23-14-18-7-9-20(10-8-18)25-12-4-11-24-25;1-9(2)16-12(14)8-15-11-5-3-4-10(6-11)7-13;13-8-9-2-4-10(5-3-9)12-7-1-6-11-12;6-10(8,9)5-2-1-3-7-4-5/h3-17,21H,18-20H2,1-2H3;3-13,17,23H,14-16H2,1-2H3;3-6,9H,7-8,13H2,1-2H3;1-8H;1-4H. The van der Waals surface area contributed by atoms with Gasteiger partial charge in [-0.15, -0.1) is 0 Å². The number of nitrogens with one attached hydrogen (secondary N) is 1. The van der Waals surface area contributed by atoms with E-state index in [9.17, 15) is 36.0 Å². The fraction of sp³-hybridized carbons (Fsp3) is 0.224. The van der Waals surface area contributed by atoms with E-state index in [4.69, 9.17) is 44.8 Å². The molecule has 5 heterocycles. The highest BCUT2D eigenvalue weighted by Gasteiger charge is 2.26. The van der Waals surface area contributed by atoms with Gasteiger partial charge in [-0.05, 0) is 197 Å². The van der Waals surface area contributed by atoms with Crippen molar-refractivity contribution in [1.82, 2.24) is 48.9 Å². The Morgan fingerprint density at radius 2 is 0.856 bits per heavy atom. The first-order chi connectivity index (χ1) is 50.0. The zero-order valence-electron chi connectivity index (χ0n) is 58.1. The summed E-state index contributed by atoms with van der Waals surface area (Å²) in [4.78, 5) is 52.7. The van der Waals surface area contributed by atoms with Gasteiger partial charge >= 0.3 is 17.9 Å². The summed E-state index contributed by atoms with van der Waals surface area (Å²) < 4.78 is 86.4. The van der Waals surface area contributed by atoms with E-state index in [2.05, 4.69) is 54.8 Å². The van der Waals surface area contributed by atoms with Crippen LogP contribution in [0.1, 0.15) is 79.7 Å². The molecule has 0 spiro atoms. The van der Waals surface area contributed by atoms with E-state index < -0.39 is 25.0 Å². The second kappa shape index (κ2) is 41.7. The van der Waals surface area contributed by atoms with Gasteiger partial charge < -0.3 is 39.5 Å². The smallest absolute Gasteiger partial charge is 0.344 e. The predicted octanol–water partition coefficient (Wildman–Crippen LogP) is 11.7. The lowest BCUT2D eigenvalue weighted by molar-refractivity contribution is -0.150. The monoisotopic (exact) mass is 1470 g/mol. The summed E-state index contributed by atoms with van der Waals surface area (Å²) >= 11 is 0. The van der Waals surface area contributed by atoms with E-state index in [1.54, 1.807) is 98.1 Å². The SMILES string of the molecule is CC(C)OC(=O)COc1cccc(CN(Cc2ccc(-n3cccn3)cc2)S(=O)(=O)c2cccnc2)c1.CC(C)OC(=O)COc1cccc(CN)c1.CC(C)OC(=O)COc1cccc(CNCc2ccc(-n3cccn3)cc2)c1.O=Cc1ccc(-n2cccn2)cc1.O=S(=O)(Cl)c1cccnc1. The first-order valence-electron chi connectivity index (χ1n) is 32.7. The number of hydrogen-bond donors (Lipinski definition) is 2. The molecule has 0 fully saturated rings. The third-order valence-electron chi connectivity index (χ3n) is 13.9. The number of benzene rings is 6. The van der Waals surface area contributed by atoms with Gasteiger partial charge in [-0.25, -0.2) is 45.3 Å². The zero-order valence-corrected chi connectivity index (χ0v) is 60.5. The number of carbonyl (C=O) groups is 4. The molecule has 3 N–H and O–H groups in total. The molecule has 0 saturated heterocycles. The van der Waals surface area contributed by atoms with Crippen molar-refractivity contribution in [2.75, 3.05) is 19.8 Å². The number of aldehydes is 1. The van der Waals surface area contributed by atoms with Crippen LogP contribution in [-0.2, 0) is 80.4 Å². The molecule has 5 aromatic heterocycles. The summed E-state index contributed by atoms with van der Waals surface area (Å²) in [5.41, 5.74) is 13.8. The van der Waals surface area contributed by atoms with Crippen molar-refractivity contribution in [3.05, 3.63) is 283 Å². The molecule has 0 atom stereocenters. The van der Waals surface area contributed by atoms with Gasteiger partial charge in [-0.2, -0.15) is 19.6 Å². The summed E-state index contributed by atoms with van der Waals surface area (Å²) in [6.45, 7) is 12.5. The average Bonchev–Trinajstić information content (AvgIpc) is 1.62. The fourth-order valence-corrected chi connectivity index (χ4v) is 11.3. The highest BCUT2D eigenvalue weighted by atomic mass is 35.7. The van der Waals surface area contributed by atoms with E-state index >= 15 is 0 Å². The van der Waals surface area contributed by atoms with Gasteiger partial charge in [0.15, 0.2) is 19.8 Å². The third-order valence-corrected chi connectivity index (χ3v) is 17.0. The molecule has 28 heteroatoms. The molecule has 0 bridgehead atoms.